The van der Waals surface area contributed by atoms with E-state index in [1.807, 2.05) is 6.07 Å². The van der Waals surface area contributed by atoms with Crippen molar-refractivity contribution in [2.24, 2.45) is 0 Å². The van der Waals surface area contributed by atoms with Crippen molar-refractivity contribution in [2.75, 3.05) is 59.7 Å². The summed E-state index contributed by atoms with van der Waals surface area (Å²) < 4.78 is 16.0. The molecule has 0 unspecified atom stereocenters. The van der Waals surface area contributed by atoms with Crippen LogP contribution < -0.4 is 10.1 Å². The number of amides is 3. The molecule has 0 saturated carbocycles. The van der Waals surface area contributed by atoms with Gasteiger partial charge in [0.25, 0.3) is 5.91 Å². The summed E-state index contributed by atoms with van der Waals surface area (Å²) in [5.74, 6) is -2.00. The molecule has 3 rings (SSSR count). The highest BCUT2D eigenvalue weighted by atomic mass is 16.5. The number of carboxylic acid groups (broad SMARTS) is 2. The lowest BCUT2D eigenvalue weighted by Gasteiger charge is -2.35. The minimum absolute atomic E-state index is 0.0759. The van der Waals surface area contributed by atoms with Crippen LogP contribution >= 0.6 is 0 Å². The van der Waals surface area contributed by atoms with Gasteiger partial charge < -0.3 is 39.5 Å². The number of nitrogens with zero attached hydrogens (tertiary/aromatic N) is 4. The maximum Gasteiger partial charge on any atom is 0.407 e. The first-order chi connectivity index (χ1) is 19.3. The predicted octanol–water partition coefficient (Wildman–Crippen LogP) is 0.971. The molecule has 1 atom stereocenters. The van der Waals surface area contributed by atoms with Crippen molar-refractivity contribution in [3.63, 3.8) is 0 Å². The second-order valence-corrected chi connectivity index (χ2v) is 8.79. The lowest BCUT2D eigenvalue weighted by atomic mass is 10.1. The van der Waals surface area contributed by atoms with Gasteiger partial charge >= 0.3 is 12.1 Å². The third-order valence-corrected chi connectivity index (χ3v) is 5.99. The first kappa shape index (κ1) is 30.2. The van der Waals surface area contributed by atoms with Gasteiger partial charge in [0.2, 0.25) is 11.8 Å². The standard InChI is InChI=1S/C26H33N5O9/c1-38-13-14-39-15-16-40-21-17-20(27-23(29-21)18-5-3-2-4-6-18)24(34)28-19(7-8-22(32)33)25(35)30-9-11-31(12-10-30)26(36)37/h2-6,17,19H,7-16H2,1H3,(H,28,34)(H,32,33)(H,36,37)/t19-/m0/s1. The van der Waals surface area contributed by atoms with Crippen molar-refractivity contribution in [1.82, 2.24) is 25.1 Å². The number of nitrogens with one attached hydrogen (secondary N) is 1. The molecule has 0 bridgehead atoms. The van der Waals surface area contributed by atoms with Crippen LogP contribution in [0.1, 0.15) is 23.3 Å². The number of carbonyl (C=O) groups is 4. The smallest absolute Gasteiger partial charge is 0.407 e. The van der Waals surface area contributed by atoms with Crippen molar-refractivity contribution < 1.29 is 43.6 Å². The number of methoxy groups -OCH3 is 1. The number of ether oxygens (including phenoxy) is 3. The summed E-state index contributed by atoms with van der Waals surface area (Å²) >= 11 is 0. The van der Waals surface area contributed by atoms with Crippen LogP contribution in [0.4, 0.5) is 4.79 Å². The van der Waals surface area contributed by atoms with Crippen LogP contribution in [0.15, 0.2) is 36.4 Å². The minimum atomic E-state index is -1.16. The Morgan fingerprint density at radius 1 is 0.950 bits per heavy atom. The summed E-state index contributed by atoms with van der Waals surface area (Å²) in [6.07, 6.45) is -1.60. The van der Waals surface area contributed by atoms with Crippen LogP contribution in [-0.2, 0) is 19.1 Å². The first-order valence-electron chi connectivity index (χ1n) is 12.7. The molecule has 1 fully saturated rings. The van der Waals surface area contributed by atoms with Crippen molar-refractivity contribution in [3.05, 3.63) is 42.1 Å². The molecule has 0 aliphatic carbocycles. The fourth-order valence-electron chi connectivity index (χ4n) is 3.88. The van der Waals surface area contributed by atoms with Crippen molar-refractivity contribution in [2.45, 2.75) is 18.9 Å². The van der Waals surface area contributed by atoms with Gasteiger partial charge in [-0.3, -0.25) is 14.4 Å². The zero-order valence-electron chi connectivity index (χ0n) is 22.2. The zero-order valence-corrected chi connectivity index (χ0v) is 22.2. The first-order valence-corrected chi connectivity index (χ1v) is 12.7. The molecule has 40 heavy (non-hydrogen) atoms. The average Bonchev–Trinajstić information content (AvgIpc) is 2.96. The summed E-state index contributed by atoms with van der Waals surface area (Å²) in [6.45, 7) is 1.72. The van der Waals surface area contributed by atoms with Crippen molar-refractivity contribution in [1.29, 1.82) is 0 Å². The van der Waals surface area contributed by atoms with Gasteiger partial charge in [0.05, 0.1) is 19.8 Å². The number of rotatable bonds is 14. The molecule has 1 aromatic carbocycles. The van der Waals surface area contributed by atoms with Crippen LogP contribution in [-0.4, -0.2) is 120 Å². The zero-order chi connectivity index (χ0) is 28.9. The van der Waals surface area contributed by atoms with E-state index in [0.717, 1.165) is 0 Å². The maximum absolute atomic E-state index is 13.3. The van der Waals surface area contributed by atoms with Crippen LogP contribution in [0.5, 0.6) is 5.88 Å². The fourth-order valence-corrected chi connectivity index (χ4v) is 3.88. The third kappa shape index (κ3) is 9.17. The number of aromatic nitrogens is 2. The SMILES string of the molecule is COCCOCCOc1cc(C(=O)N[C@@H](CCC(=O)O)C(=O)N2CCN(C(=O)O)CC2)nc(-c2ccccc2)n1. The highest BCUT2D eigenvalue weighted by Gasteiger charge is 2.31. The maximum atomic E-state index is 13.3. The molecule has 3 amide bonds. The molecule has 1 aromatic heterocycles. The Balaban J connectivity index is 1.77. The molecular weight excluding hydrogens is 526 g/mol. The van der Waals surface area contributed by atoms with Gasteiger partial charge in [-0.25, -0.2) is 9.78 Å². The Hall–Kier alpha value is -4.30. The van der Waals surface area contributed by atoms with E-state index in [1.54, 1.807) is 31.4 Å². The number of aliphatic carboxylic acids is 1. The topological polar surface area (TPSA) is 181 Å². The molecular formula is C26H33N5O9. The quantitative estimate of drug-likeness (QED) is 0.281. The van der Waals surface area contributed by atoms with E-state index < -0.39 is 29.9 Å². The van der Waals surface area contributed by atoms with Crippen LogP contribution in [0, 0.1) is 0 Å². The van der Waals surface area contributed by atoms with E-state index in [1.165, 1.54) is 15.9 Å². The van der Waals surface area contributed by atoms with Gasteiger partial charge in [-0.15, -0.1) is 0 Å². The van der Waals surface area contributed by atoms with E-state index in [0.29, 0.717) is 18.8 Å². The predicted molar refractivity (Wildman–Crippen MR) is 140 cm³/mol. The number of benzene rings is 1. The monoisotopic (exact) mass is 559 g/mol. The van der Waals surface area contributed by atoms with E-state index in [-0.39, 0.29) is 69.6 Å². The van der Waals surface area contributed by atoms with Gasteiger partial charge in [0, 0.05) is 51.3 Å². The number of carboxylic acids is 1. The second kappa shape index (κ2) is 15.3. The van der Waals surface area contributed by atoms with Gasteiger partial charge in [-0.2, -0.15) is 4.98 Å². The Kier molecular flexibility index (Phi) is 11.6. The molecule has 0 radical (unpaired) electrons. The largest absolute Gasteiger partial charge is 0.481 e. The lowest BCUT2D eigenvalue weighted by Crippen LogP contribution is -2.55. The molecule has 1 aliphatic rings. The summed E-state index contributed by atoms with van der Waals surface area (Å²) in [5.41, 5.74) is 0.557. The molecule has 1 saturated heterocycles. The Bertz CT molecular complexity index is 1160. The number of hydrogen-bond acceptors (Lipinski definition) is 9. The normalized spacial score (nSPS) is 13.9. The summed E-state index contributed by atoms with van der Waals surface area (Å²) in [6, 6.07) is 9.12. The number of piperazine rings is 1. The fraction of sp³-hybridized carbons (Fsp3) is 0.462. The molecule has 3 N–H and O–H groups in total. The van der Waals surface area contributed by atoms with Gasteiger partial charge in [0.15, 0.2) is 5.82 Å². The van der Waals surface area contributed by atoms with E-state index in [2.05, 4.69) is 15.3 Å². The Morgan fingerprint density at radius 2 is 1.62 bits per heavy atom. The lowest BCUT2D eigenvalue weighted by molar-refractivity contribution is -0.138. The van der Waals surface area contributed by atoms with Crippen LogP contribution in [0.2, 0.25) is 0 Å². The van der Waals surface area contributed by atoms with Crippen LogP contribution in [0.3, 0.4) is 0 Å². The van der Waals surface area contributed by atoms with Crippen LogP contribution in [0.25, 0.3) is 11.4 Å². The Morgan fingerprint density at radius 3 is 2.27 bits per heavy atom. The minimum Gasteiger partial charge on any atom is -0.481 e. The molecule has 216 valence electrons. The van der Waals surface area contributed by atoms with Crippen molar-refractivity contribution >= 4 is 23.9 Å². The average molecular weight is 560 g/mol. The third-order valence-electron chi connectivity index (χ3n) is 5.99. The van der Waals surface area contributed by atoms with E-state index in [4.69, 9.17) is 19.3 Å². The molecule has 2 heterocycles. The summed E-state index contributed by atoms with van der Waals surface area (Å²) in [5, 5.41) is 21.0. The molecule has 0 spiro atoms. The summed E-state index contributed by atoms with van der Waals surface area (Å²) in [7, 11) is 1.57. The van der Waals surface area contributed by atoms with E-state index in [9.17, 15) is 24.3 Å². The molecule has 1 aliphatic heterocycles. The second-order valence-electron chi connectivity index (χ2n) is 8.79. The van der Waals surface area contributed by atoms with E-state index >= 15 is 0 Å². The van der Waals surface area contributed by atoms with Gasteiger partial charge in [0.1, 0.15) is 18.3 Å². The van der Waals surface area contributed by atoms with Gasteiger partial charge in [-0.1, -0.05) is 30.3 Å². The summed E-state index contributed by atoms with van der Waals surface area (Å²) in [4.78, 5) is 60.3. The highest BCUT2D eigenvalue weighted by molar-refractivity contribution is 5.96. The van der Waals surface area contributed by atoms with Gasteiger partial charge in [-0.05, 0) is 6.42 Å². The molecule has 2 aromatic rings. The molecule has 14 nitrogen and oxygen atoms in total. The highest BCUT2D eigenvalue weighted by Crippen LogP contribution is 2.20. The number of carbonyl (C=O) groups excluding carboxylic acids is 2. The van der Waals surface area contributed by atoms with Crippen molar-refractivity contribution in [3.8, 4) is 17.3 Å². The molecule has 14 heteroatoms. The number of hydrogen-bond donors (Lipinski definition) is 3. The Labute approximate surface area is 230 Å².